The number of aliphatic hydroxyl groups excluding tert-OH is 1. The van der Waals surface area contributed by atoms with Gasteiger partial charge in [0.05, 0.1) is 18.4 Å². The topological polar surface area (TPSA) is 128 Å². The number of aromatic nitrogens is 4. The number of halogens is 1. The lowest BCUT2D eigenvalue weighted by molar-refractivity contribution is -0.128. The average Bonchev–Trinajstić information content (AvgIpc) is 3.17. The van der Waals surface area contributed by atoms with E-state index in [-0.39, 0.29) is 32.8 Å². The van der Waals surface area contributed by atoms with Crippen LogP contribution in [0.1, 0.15) is 22.4 Å². The standard InChI is InChI=1S/C21H24FN7O3.2H2S/c1-11-6-15(22)5-4-14(11)10-29-9-13(8-24-29)7-23-21-25-12(2)16-18(27-21)28(3)17(20(31)32)19(30)26-16;;/h4-6,8-9,17,20,31-32H,7,10H2,1-3H3,(H,26,30)(H,23,25,27);2*1H2/t17-;;/m1../s1. The van der Waals surface area contributed by atoms with Crippen molar-refractivity contribution in [1.29, 1.82) is 0 Å². The molecule has 184 valence electrons. The third-order valence-corrected chi connectivity index (χ3v) is 5.40. The van der Waals surface area contributed by atoms with Crippen LogP contribution in [0, 0.1) is 19.7 Å². The molecular weight excluding hydrogens is 481 g/mol. The summed E-state index contributed by atoms with van der Waals surface area (Å²) >= 11 is 0. The molecule has 1 aliphatic heterocycles. The second-order valence-electron chi connectivity index (χ2n) is 7.76. The van der Waals surface area contributed by atoms with Gasteiger partial charge in [0.1, 0.15) is 11.5 Å². The summed E-state index contributed by atoms with van der Waals surface area (Å²) in [5.74, 6) is -0.0778. The summed E-state index contributed by atoms with van der Waals surface area (Å²) in [7, 11) is 1.57. The Balaban J connectivity index is 0.00000204. The van der Waals surface area contributed by atoms with Crippen molar-refractivity contribution in [2.24, 2.45) is 0 Å². The van der Waals surface area contributed by atoms with Crippen molar-refractivity contribution in [3.8, 4) is 0 Å². The molecule has 0 radical (unpaired) electrons. The first-order valence-electron chi connectivity index (χ1n) is 10.0. The molecule has 0 spiro atoms. The van der Waals surface area contributed by atoms with E-state index in [0.717, 1.165) is 16.7 Å². The monoisotopic (exact) mass is 509 g/mol. The van der Waals surface area contributed by atoms with E-state index in [0.29, 0.717) is 36.2 Å². The second kappa shape index (κ2) is 11.0. The van der Waals surface area contributed by atoms with Crippen LogP contribution in [-0.4, -0.2) is 55.2 Å². The number of aryl methyl sites for hydroxylation is 2. The number of aliphatic hydroxyl groups is 2. The third-order valence-electron chi connectivity index (χ3n) is 5.40. The zero-order valence-corrected chi connectivity index (χ0v) is 20.9. The number of anilines is 3. The third kappa shape index (κ3) is 5.60. The molecule has 0 aliphatic carbocycles. The van der Waals surface area contributed by atoms with Crippen LogP contribution in [0.5, 0.6) is 0 Å². The van der Waals surface area contributed by atoms with E-state index in [2.05, 4.69) is 25.7 Å². The van der Waals surface area contributed by atoms with Crippen LogP contribution < -0.4 is 15.5 Å². The Morgan fingerprint density at radius 2 is 1.97 bits per heavy atom. The SMILES string of the molecule is Cc1cc(F)ccc1Cn1cc(CNc2nc(C)c3c(n2)N(C)[C@@H](C(O)O)C(=O)N3)cn1.S.S. The molecule has 0 bridgehead atoms. The smallest absolute Gasteiger partial charge is 0.252 e. The fourth-order valence-corrected chi connectivity index (χ4v) is 3.66. The molecule has 4 N–H and O–H groups in total. The fourth-order valence-electron chi connectivity index (χ4n) is 3.66. The number of hydrogen-bond donors (Lipinski definition) is 4. The van der Waals surface area contributed by atoms with Crippen LogP contribution >= 0.6 is 27.0 Å². The minimum atomic E-state index is -1.85. The van der Waals surface area contributed by atoms with Crippen LogP contribution in [0.2, 0.25) is 0 Å². The normalized spacial score (nSPS) is 14.7. The molecule has 1 atom stereocenters. The number of rotatable bonds is 6. The average molecular weight is 510 g/mol. The van der Waals surface area contributed by atoms with Crippen molar-refractivity contribution in [1.82, 2.24) is 19.7 Å². The van der Waals surface area contributed by atoms with Gasteiger partial charge in [-0.3, -0.25) is 9.48 Å². The van der Waals surface area contributed by atoms with Crippen LogP contribution in [0.15, 0.2) is 30.6 Å². The molecule has 13 heteroatoms. The van der Waals surface area contributed by atoms with Gasteiger partial charge >= 0.3 is 0 Å². The molecule has 10 nitrogen and oxygen atoms in total. The molecule has 0 saturated heterocycles. The van der Waals surface area contributed by atoms with Crippen molar-refractivity contribution >= 4 is 50.4 Å². The van der Waals surface area contributed by atoms with Crippen LogP contribution in [0.3, 0.4) is 0 Å². The van der Waals surface area contributed by atoms with Crippen molar-refractivity contribution in [2.75, 3.05) is 22.6 Å². The number of amides is 1. The summed E-state index contributed by atoms with van der Waals surface area (Å²) in [5, 5.41) is 29.2. The minimum absolute atomic E-state index is 0. The van der Waals surface area contributed by atoms with Crippen LogP contribution in [0.25, 0.3) is 0 Å². The highest BCUT2D eigenvalue weighted by atomic mass is 32.1. The van der Waals surface area contributed by atoms with Gasteiger partial charge in [0.15, 0.2) is 18.1 Å². The Kier molecular flexibility index (Phi) is 8.89. The van der Waals surface area contributed by atoms with E-state index >= 15 is 0 Å². The van der Waals surface area contributed by atoms with Gasteiger partial charge in [-0.2, -0.15) is 37.1 Å². The zero-order chi connectivity index (χ0) is 23.0. The molecule has 0 saturated carbocycles. The highest BCUT2D eigenvalue weighted by molar-refractivity contribution is 7.59. The van der Waals surface area contributed by atoms with E-state index in [4.69, 9.17) is 0 Å². The number of fused-ring (bicyclic) bond motifs is 1. The first-order valence-corrected chi connectivity index (χ1v) is 10.0. The largest absolute Gasteiger partial charge is 0.366 e. The van der Waals surface area contributed by atoms with Gasteiger partial charge in [0, 0.05) is 25.4 Å². The molecule has 4 rings (SSSR count). The first-order chi connectivity index (χ1) is 15.2. The Morgan fingerprint density at radius 3 is 2.65 bits per heavy atom. The summed E-state index contributed by atoms with van der Waals surface area (Å²) in [4.78, 5) is 22.4. The van der Waals surface area contributed by atoms with E-state index in [1.54, 1.807) is 30.9 Å². The van der Waals surface area contributed by atoms with E-state index < -0.39 is 18.2 Å². The van der Waals surface area contributed by atoms with Gasteiger partial charge < -0.3 is 25.7 Å². The molecule has 0 fully saturated rings. The number of benzene rings is 1. The zero-order valence-electron chi connectivity index (χ0n) is 18.9. The Morgan fingerprint density at radius 1 is 1.24 bits per heavy atom. The molecule has 1 aliphatic rings. The first kappa shape index (κ1) is 27.4. The van der Waals surface area contributed by atoms with Crippen LogP contribution in [0.4, 0.5) is 21.8 Å². The highest BCUT2D eigenvalue weighted by Crippen LogP contribution is 2.32. The summed E-state index contributed by atoms with van der Waals surface area (Å²) in [6, 6.07) is 3.51. The Bertz CT molecular complexity index is 1180. The van der Waals surface area contributed by atoms with Crippen molar-refractivity contribution in [3.05, 3.63) is 58.8 Å². The van der Waals surface area contributed by atoms with Crippen LogP contribution in [-0.2, 0) is 17.9 Å². The fraction of sp³-hybridized carbons (Fsp3) is 0.333. The molecule has 1 aromatic carbocycles. The van der Waals surface area contributed by atoms with E-state index in [1.165, 1.54) is 17.0 Å². The van der Waals surface area contributed by atoms with Crippen molar-refractivity contribution in [3.63, 3.8) is 0 Å². The Hall–Kier alpha value is -2.87. The summed E-state index contributed by atoms with van der Waals surface area (Å²) in [6.07, 6.45) is 1.75. The molecule has 34 heavy (non-hydrogen) atoms. The molecule has 0 unspecified atom stereocenters. The number of nitrogens with one attached hydrogen (secondary N) is 2. The quantitative estimate of drug-likeness (QED) is 0.367. The van der Waals surface area contributed by atoms with E-state index in [9.17, 15) is 19.4 Å². The lowest BCUT2D eigenvalue weighted by Gasteiger charge is -2.35. The lowest BCUT2D eigenvalue weighted by Crippen LogP contribution is -2.53. The van der Waals surface area contributed by atoms with E-state index in [1.807, 2.05) is 13.1 Å². The molecule has 3 aromatic rings. The van der Waals surface area contributed by atoms with Gasteiger partial charge in [-0.1, -0.05) is 6.07 Å². The molecule has 1 amide bonds. The predicted octanol–water partition coefficient (Wildman–Crippen LogP) is 1.38. The Labute approximate surface area is 210 Å². The predicted molar refractivity (Wildman–Crippen MR) is 136 cm³/mol. The minimum Gasteiger partial charge on any atom is -0.366 e. The maximum Gasteiger partial charge on any atom is 0.252 e. The highest BCUT2D eigenvalue weighted by Gasteiger charge is 2.37. The van der Waals surface area contributed by atoms with Crippen molar-refractivity contribution < 1.29 is 19.4 Å². The summed E-state index contributed by atoms with van der Waals surface area (Å²) in [5.41, 5.74) is 3.72. The maximum absolute atomic E-state index is 13.3. The lowest BCUT2D eigenvalue weighted by atomic mass is 10.1. The molecule has 3 heterocycles. The number of carbonyl (C=O) groups excluding carboxylic acids is 1. The summed E-state index contributed by atoms with van der Waals surface area (Å²) < 4.78 is 15.1. The number of likely N-dealkylation sites (N-methyl/N-ethyl adjacent to an activating group) is 1. The number of nitrogens with zero attached hydrogens (tertiary/aromatic N) is 5. The maximum atomic E-state index is 13.3. The van der Waals surface area contributed by atoms with Gasteiger partial charge in [-0.05, 0) is 37.1 Å². The second-order valence-corrected chi connectivity index (χ2v) is 7.76. The van der Waals surface area contributed by atoms with Crippen molar-refractivity contribution in [2.45, 2.75) is 39.3 Å². The molecular formula is C21H28FN7O3S2. The van der Waals surface area contributed by atoms with Gasteiger partial charge in [-0.15, -0.1) is 0 Å². The number of carbonyl (C=O) groups is 1. The van der Waals surface area contributed by atoms with Gasteiger partial charge in [0.25, 0.3) is 5.91 Å². The van der Waals surface area contributed by atoms with Gasteiger partial charge in [0.2, 0.25) is 5.95 Å². The summed E-state index contributed by atoms with van der Waals surface area (Å²) in [6.45, 7) is 4.52. The molecule has 2 aromatic heterocycles. The number of hydrogen-bond acceptors (Lipinski definition) is 8. The van der Waals surface area contributed by atoms with Gasteiger partial charge in [-0.25, -0.2) is 9.37 Å².